The van der Waals surface area contributed by atoms with E-state index in [1.807, 2.05) is 6.20 Å². The van der Waals surface area contributed by atoms with Gasteiger partial charge in [0.15, 0.2) is 0 Å². The number of hydrogen-bond donors (Lipinski definition) is 1. The van der Waals surface area contributed by atoms with Gasteiger partial charge in [-0.25, -0.2) is 0 Å². The highest BCUT2D eigenvalue weighted by atomic mass is 15.3. The van der Waals surface area contributed by atoms with E-state index in [4.69, 9.17) is 0 Å². The summed E-state index contributed by atoms with van der Waals surface area (Å²) in [5.41, 5.74) is 1.36. The molecule has 3 unspecified atom stereocenters. The van der Waals surface area contributed by atoms with Crippen LogP contribution >= 0.6 is 0 Å². The predicted molar refractivity (Wildman–Crippen MR) is 77.0 cm³/mol. The molecule has 0 aromatic carbocycles. The van der Waals surface area contributed by atoms with Crippen molar-refractivity contribution < 1.29 is 0 Å². The molecule has 0 radical (unpaired) electrons. The molecule has 0 amide bonds. The monoisotopic (exact) mass is 262 g/mol. The Hall–Kier alpha value is -0.870. The molecule has 1 N–H and O–H groups in total. The molecule has 0 aliphatic carbocycles. The van der Waals surface area contributed by atoms with E-state index in [1.165, 1.54) is 31.6 Å². The van der Waals surface area contributed by atoms with Crippen LogP contribution in [0.15, 0.2) is 12.4 Å². The zero-order chi connectivity index (χ0) is 13.4. The molecule has 2 saturated heterocycles. The van der Waals surface area contributed by atoms with Gasteiger partial charge in [0.25, 0.3) is 0 Å². The molecule has 3 heterocycles. The van der Waals surface area contributed by atoms with Crippen molar-refractivity contribution in [2.24, 2.45) is 11.8 Å². The molecule has 4 heteroatoms. The third kappa shape index (κ3) is 2.43. The van der Waals surface area contributed by atoms with E-state index >= 15 is 0 Å². The number of rotatable bonds is 4. The summed E-state index contributed by atoms with van der Waals surface area (Å²) in [6.07, 6.45) is 5.52. The van der Waals surface area contributed by atoms with Crippen molar-refractivity contribution in [3.8, 4) is 0 Å². The summed E-state index contributed by atoms with van der Waals surface area (Å²) in [4.78, 5) is 2.68. The Morgan fingerprint density at radius 2 is 2.26 bits per heavy atom. The van der Waals surface area contributed by atoms with E-state index in [9.17, 15) is 0 Å². The topological polar surface area (TPSA) is 33.1 Å². The zero-order valence-corrected chi connectivity index (χ0v) is 12.3. The predicted octanol–water partition coefficient (Wildman–Crippen LogP) is 1.89. The molecule has 19 heavy (non-hydrogen) atoms. The van der Waals surface area contributed by atoms with Crippen LogP contribution in [0.25, 0.3) is 0 Å². The summed E-state index contributed by atoms with van der Waals surface area (Å²) in [6.45, 7) is 11.4. The Bertz CT molecular complexity index is 426. The Balaban J connectivity index is 1.68. The second-order valence-corrected chi connectivity index (χ2v) is 6.41. The SMILES string of the molecule is CCC1C2CNCC2CN1Cc1cnn(C(C)C)c1. The van der Waals surface area contributed by atoms with E-state index in [2.05, 4.69) is 47.0 Å². The maximum atomic E-state index is 4.46. The molecule has 2 aliphatic rings. The number of likely N-dealkylation sites (tertiary alicyclic amines) is 1. The summed E-state index contributed by atoms with van der Waals surface area (Å²) >= 11 is 0. The van der Waals surface area contributed by atoms with E-state index in [0.717, 1.165) is 24.4 Å². The molecule has 0 bridgehead atoms. The lowest BCUT2D eigenvalue weighted by atomic mass is 9.93. The van der Waals surface area contributed by atoms with Crippen LogP contribution in [-0.4, -0.2) is 40.4 Å². The summed E-state index contributed by atoms with van der Waals surface area (Å²) in [7, 11) is 0. The number of fused-ring (bicyclic) bond motifs is 1. The minimum Gasteiger partial charge on any atom is -0.316 e. The van der Waals surface area contributed by atoms with Gasteiger partial charge in [-0.15, -0.1) is 0 Å². The van der Waals surface area contributed by atoms with Crippen molar-refractivity contribution >= 4 is 0 Å². The van der Waals surface area contributed by atoms with Gasteiger partial charge >= 0.3 is 0 Å². The van der Waals surface area contributed by atoms with Crippen LogP contribution in [0.4, 0.5) is 0 Å². The van der Waals surface area contributed by atoms with E-state index in [0.29, 0.717) is 6.04 Å². The quantitative estimate of drug-likeness (QED) is 0.899. The van der Waals surface area contributed by atoms with Gasteiger partial charge in [-0.1, -0.05) is 6.92 Å². The van der Waals surface area contributed by atoms with Gasteiger partial charge in [-0.05, 0) is 45.2 Å². The second-order valence-electron chi connectivity index (χ2n) is 6.41. The summed E-state index contributed by atoms with van der Waals surface area (Å²) in [6, 6.07) is 1.21. The van der Waals surface area contributed by atoms with Crippen molar-refractivity contribution in [3.63, 3.8) is 0 Å². The zero-order valence-electron chi connectivity index (χ0n) is 12.3. The van der Waals surface area contributed by atoms with Crippen molar-refractivity contribution in [1.29, 1.82) is 0 Å². The van der Waals surface area contributed by atoms with Crippen molar-refractivity contribution in [1.82, 2.24) is 20.0 Å². The maximum Gasteiger partial charge on any atom is 0.0534 e. The summed E-state index contributed by atoms with van der Waals surface area (Å²) < 4.78 is 2.06. The second kappa shape index (κ2) is 5.25. The normalized spacial score (nSPS) is 31.3. The van der Waals surface area contributed by atoms with Crippen molar-refractivity contribution in [2.75, 3.05) is 19.6 Å². The Labute approximate surface area is 116 Å². The molecule has 0 saturated carbocycles. The number of nitrogens with zero attached hydrogens (tertiary/aromatic N) is 3. The minimum absolute atomic E-state index is 0.456. The van der Waals surface area contributed by atoms with Crippen LogP contribution in [-0.2, 0) is 6.54 Å². The van der Waals surface area contributed by atoms with E-state index in [1.54, 1.807) is 0 Å². The third-order valence-electron chi connectivity index (χ3n) is 4.81. The maximum absolute atomic E-state index is 4.46. The van der Waals surface area contributed by atoms with Gasteiger partial charge < -0.3 is 5.32 Å². The molecular weight excluding hydrogens is 236 g/mol. The smallest absolute Gasteiger partial charge is 0.0534 e. The van der Waals surface area contributed by atoms with Gasteiger partial charge in [-0.3, -0.25) is 9.58 Å². The highest BCUT2D eigenvalue weighted by molar-refractivity contribution is 5.07. The number of nitrogens with one attached hydrogen (secondary N) is 1. The average Bonchev–Trinajstić information content (AvgIpc) is 3.04. The van der Waals surface area contributed by atoms with Crippen molar-refractivity contribution in [2.45, 2.75) is 45.8 Å². The molecule has 3 rings (SSSR count). The van der Waals surface area contributed by atoms with Gasteiger partial charge in [0.1, 0.15) is 0 Å². The van der Waals surface area contributed by atoms with Crippen LogP contribution in [0.3, 0.4) is 0 Å². The first-order chi connectivity index (χ1) is 9.19. The average molecular weight is 262 g/mol. The Morgan fingerprint density at radius 1 is 1.42 bits per heavy atom. The lowest BCUT2D eigenvalue weighted by molar-refractivity contribution is 0.210. The molecule has 1 aromatic rings. The van der Waals surface area contributed by atoms with Gasteiger partial charge in [0.05, 0.1) is 6.20 Å². The lowest BCUT2D eigenvalue weighted by Gasteiger charge is -2.26. The third-order valence-corrected chi connectivity index (χ3v) is 4.81. The molecule has 0 spiro atoms. The first-order valence-electron chi connectivity index (χ1n) is 7.66. The number of hydrogen-bond acceptors (Lipinski definition) is 3. The van der Waals surface area contributed by atoms with Crippen LogP contribution in [0.1, 0.15) is 38.8 Å². The van der Waals surface area contributed by atoms with Gasteiger partial charge in [0.2, 0.25) is 0 Å². The van der Waals surface area contributed by atoms with E-state index < -0.39 is 0 Å². The van der Waals surface area contributed by atoms with Crippen LogP contribution in [0.5, 0.6) is 0 Å². The van der Waals surface area contributed by atoms with Crippen LogP contribution in [0, 0.1) is 11.8 Å². The highest BCUT2D eigenvalue weighted by Crippen LogP contribution is 2.35. The fourth-order valence-electron chi connectivity index (χ4n) is 3.83. The molecule has 4 nitrogen and oxygen atoms in total. The largest absolute Gasteiger partial charge is 0.316 e. The lowest BCUT2D eigenvalue weighted by Crippen LogP contribution is -2.34. The number of aromatic nitrogens is 2. The van der Waals surface area contributed by atoms with Crippen LogP contribution < -0.4 is 5.32 Å². The van der Waals surface area contributed by atoms with Crippen molar-refractivity contribution in [3.05, 3.63) is 18.0 Å². The summed E-state index contributed by atoms with van der Waals surface area (Å²) in [5, 5.41) is 8.01. The Morgan fingerprint density at radius 3 is 2.95 bits per heavy atom. The standard InChI is InChI=1S/C15H26N4/c1-4-15-14-7-16-6-13(14)10-18(15)8-12-5-17-19(9-12)11(2)3/h5,9,11,13-16H,4,6-8,10H2,1-3H3. The fourth-order valence-corrected chi connectivity index (χ4v) is 3.83. The van der Waals surface area contributed by atoms with Crippen LogP contribution in [0.2, 0.25) is 0 Å². The molecule has 3 atom stereocenters. The van der Waals surface area contributed by atoms with E-state index in [-0.39, 0.29) is 0 Å². The molecule has 2 aliphatic heterocycles. The minimum atomic E-state index is 0.456. The first kappa shape index (κ1) is 13.1. The molecular formula is C15H26N4. The highest BCUT2D eigenvalue weighted by Gasteiger charge is 2.42. The Kier molecular flexibility index (Phi) is 3.63. The van der Waals surface area contributed by atoms with Gasteiger partial charge in [0, 0.05) is 36.9 Å². The summed E-state index contributed by atoms with van der Waals surface area (Å²) in [5.74, 6) is 1.73. The van der Waals surface area contributed by atoms with Gasteiger partial charge in [-0.2, -0.15) is 5.10 Å². The molecule has 1 aromatic heterocycles. The fraction of sp³-hybridized carbons (Fsp3) is 0.800. The molecule has 106 valence electrons. The first-order valence-corrected chi connectivity index (χ1v) is 7.66. The molecule has 2 fully saturated rings.